The summed E-state index contributed by atoms with van der Waals surface area (Å²) in [4.78, 5) is 3.99. The molecule has 112 valence electrons. The van der Waals surface area contributed by atoms with Gasteiger partial charge in [0, 0.05) is 18.3 Å². The minimum absolute atomic E-state index is 0.120. The van der Waals surface area contributed by atoms with Crippen molar-refractivity contribution < 1.29 is 13.2 Å². The topological polar surface area (TPSA) is 68.3 Å². The number of nitrogens with zero attached hydrogens (tertiary/aromatic N) is 1. The first kappa shape index (κ1) is 15.4. The number of nitrogens with one attached hydrogen (secondary N) is 1. The molecule has 2 rings (SSSR count). The van der Waals surface area contributed by atoms with E-state index in [2.05, 4.69) is 9.71 Å². The first-order valence-corrected chi connectivity index (χ1v) is 8.72. The molecule has 0 unspecified atom stereocenters. The fraction of sp³-hybridized carbons (Fsp3) is 0.643. The maximum absolute atomic E-state index is 12.0. The number of pyridine rings is 1. The molecule has 6 heteroatoms. The van der Waals surface area contributed by atoms with Crippen LogP contribution in [0.2, 0.25) is 0 Å². The minimum Gasteiger partial charge on any atom is -0.379 e. The van der Waals surface area contributed by atoms with Crippen LogP contribution in [-0.4, -0.2) is 38.4 Å². The van der Waals surface area contributed by atoms with Gasteiger partial charge < -0.3 is 4.74 Å². The van der Waals surface area contributed by atoms with E-state index in [-0.39, 0.29) is 17.7 Å². The molecule has 0 amide bonds. The Morgan fingerprint density at radius 1 is 1.35 bits per heavy atom. The lowest BCUT2D eigenvalue weighted by atomic mass is 9.96. The molecular formula is C14H22N2O3S. The average Bonchev–Trinajstić information content (AvgIpc) is 2.84. The summed E-state index contributed by atoms with van der Waals surface area (Å²) in [5, 5.41) is 0. The van der Waals surface area contributed by atoms with Crippen molar-refractivity contribution in [2.24, 2.45) is 5.92 Å². The van der Waals surface area contributed by atoms with Gasteiger partial charge in [-0.15, -0.1) is 0 Å². The molecule has 1 aliphatic rings. The summed E-state index contributed by atoms with van der Waals surface area (Å²) in [5.41, 5.74) is 1.16. The van der Waals surface area contributed by atoms with E-state index < -0.39 is 10.0 Å². The lowest BCUT2D eigenvalue weighted by Crippen LogP contribution is -2.41. The van der Waals surface area contributed by atoms with Gasteiger partial charge in [-0.3, -0.25) is 4.98 Å². The normalized spacial score (nSPS) is 23.1. The molecule has 2 atom stereocenters. The molecular weight excluding hydrogens is 276 g/mol. The summed E-state index contributed by atoms with van der Waals surface area (Å²) in [5.74, 6) is 0.385. The van der Waals surface area contributed by atoms with Crippen LogP contribution in [0.5, 0.6) is 0 Å². The Morgan fingerprint density at radius 3 is 2.80 bits per heavy atom. The summed E-state index contributed by atoms with van der Waals surface area (Å²) in [6, 6.07) is 3.80. The van der Waals surface area contributed by atoms with Crippen LogP contribution in [-0.2, 0) is 21.2 Å². The standard InChI is InChI=1S/C14H22N2O3S/c1-2-3-8-20(17,18)16-14-11-19-10-13(14)9-12-4-6-15-7-5-12/h4-7,13-14,16H,2-3,8-11H2,1H3/t13-,14-/m1/s1. The van der Waals surface area contributed by atoms with Crippen LogP contribution in [0.4, 0.5) is 0 Å². The van der Waals surface area contributed by atoms with Crippen LogP contribution in [0.1, 0.15) is 25.3 Å². The highest BCUT2D eigenvalue weighted by atomic mass is 32.2. The lowest BCUT2D eigenvalue weighted by Gasteiger charge is -2.19. The number of hydrogen-bond acceptors (Lipinski definition) is 4. The second kappa shape index (κ2) is 7.15. The highest BCUT2D eigenvalue weighted by Gasteiger charge is 2.31. The van der Waals surface area contributed by atoms with Crippen LogP contribution in [0.15, 0.2) is 24.5 Å². The molecule has 0 radical (unpaired) electrons. The van der Waals surface area contributed by atoms with Gasteiger partial charge in [-0.25, -0.2) is 13.1 Å². The fourth-order valence-electron chi connectivity index (χ4n) is 2.38. The number of rotatable bonds is 7. The minimum atomic E-state index is -3.19. The first-order valence-electron chi connectivity index (χ1n) is 7.07. The molecule has 2 heterocycles. The second-order valence-electron chi connectivity index (χ2n) is 5.25. The fourth-order valence-corrected chi connectivity index (χ4v) is 3.88. The van der Waals surface area contributed by atoms with E-state index in [4.69, 9.17) is 4.74 Å². The maximum atomic E-state index is 12.0. The van der Waals surface area contributed by atoms with Crippen molar-refractivity contribution in [2.45, 2.75) is 32.2 Å². The van der Waals surface area contributed by atoms with Gasteiger partial charge in [0.25, 0.3) is 0 Å². The van der Waals surface area contributed by atoms with Crippen molar-refractivity contribution in [1.29, 1.82) is 0 Å². The molecule has 1 saturated heterocycles. The Bertz CT molecular complexity index is 504. The summed E-state index contributed by atoms with van der Waals surface area (Å²) >= 11 is 0. The average molecular weight is 298 g/mol. The predicted octanol–water partition coefficient (Wildman–Crippen LogP) is 1.36. The van der Waals surface area contributed by atoms with E-state index in [0.29, 0.717) is 19.6 Å². The van der Waals surface area contributed by atoms with Gasteiger partial charge >= 0.3 is 0 Å². The Balaban J connectivity index is 1.94. The summed E-state index contributed by atoms with van der Waals surface area (Å²) in [6.45, 7) is 3.05. The third-order valence-corrected chi connectivity index (χ3v) is 5.03. The lowest BCUT2D eigenvalue weighted by molar-refractivity contribution is 0.183. The van der Waals surface area contributed by atoms with Crippen molar-refractivity contribution in [1.82, 2.24) is 9.71 Å². The quantitative estimate of drug-likeness (QED) is 0.825. The van der Waals surface area contributed by atoms with Crippen molar-refractivity contribution in [2.75, 3.05) is 19.0 Å². The van der Waals surface area contributed by atoms with E-state index in [1.165, 1.54) is 0 Å². The maximum Gasteiger partial charge on any atom is 0.211 e. The monoisotopic (exact) mass is 298 g/mol. The van der Waals surface area contributed by atoms with Crippen molar-refractivity contribution in [3.05, 3.63) is 30.1 Å². The van der Waals surface area contributed by atoms with Gasteiger partial charge in [0.1, 0.15) is 0 Å². The van der Waals surface area contributed by atoms with Crippen molar-refractivity contribution >= 4 is 10.0 Å². The van der Waals surface area contributed by atoms with E-state index in [1.54, 1.807) is 12.4 Å². The smallest absolute Gasteiger partial charge is 0.211 e. The molecule has 20 heavy (non-hydrogen) atoms. The zero-order valence-corrected chi connectivity index (χ0v) is 12.6. The summed E-state index contributed by atoms with van der Waals surface area (Å²) in [6.07, 6.45) is 5.89. The summed E-state index contributed by atoms with van der Waals surface area (Å²) < 4.78 is 32.2. The first-order chi connectivity index (χ1) is 9.61. The second-order valence-corrected chi connectivity index (χ2v) is 7.13. The van der Waals surface area contributed by atoms with E-state index in [0.717, 1.165) is 18.4 Å². The van der Waals surface area contributed by atoms with Gasteiger partial charge in [0.2, 0.25) is 10.0 Å². The molecule has 0 bridgehead atoms. The van der Waals surface area contributed by atoms with Gasteiger partial charge in [0.15, 0.2) is 0 Å². The predicted molar refractivity (Wildman–Crippen MR) is 77.9 cm³/mol. The molecule has 5 nitrogen and oxygen atoms in total. The third-order valence-electron chi connectivity index (χ3n) is 3.54. The highest BCUT2D eigenvalue weighted by molar-refractivity contribution is 7.89. The number of ether oxygens (including phenoxy) is 1. The molecule has 0 spiro atoms. The Hall–Kier alpha value is -0.980. The Kier molecular flexibility index (Phi) is 5.51. The summed E-state index contributed by atoms with van der Waals surface area (Å²) in [7, 11) is -3.19. The number of unbranched alkanes of at least 4 members (excludes halogenated alkanes) is 1. The van der Waals surface area contributed by atoms with Crippen LogP contribution >= 0.6 is 0 Å². The van der Waals surface area contributed by atoms with Crippen LogP contribution in [0.3, 0.4) is 0 Å². The molecule has 0 aliphatic carbocycles. The van der Waals surface area contributed by atoms with Gasteiger partial charge in [-0.1, -0.05) is 13.3 Å². The zero-order valence-electron chi connectivity index (χ0n) is 11.8. The number of aromatic nitrogens is 1. The molecule has 1 aliphatic heterocycles. The van der Waals surface area contributed by atoms with E-state index in [1.807, 2.05) is 19.1 Å². The number of sulfonamides is 1. The zero-order chi connectivity index (χ0) is 14.4. The number of hydrogen-bond donors (Lipinski definition) is 1. The SMILES string of the molecule is CCCCS(=O)(=O)N[C@@H]1COC[C@H]1Cc1ccncc1. The highest BCUT2D eigenvalue weighted by Crippen LogP contribution is 2.19. The van der Waals surface area contributed by atoms with Crippen molar-refractivity contribution in [3.8, 4) is 0 Å². The molecule has 1 aromatic heterocycles. The van der Waals surface area contributed by atoms with E-state index in [9.17, 15) is 8.42 Å². The Labute approximate surface area is 120 Å². The van der Waals surface area contributed by atoms with E-state index >= 15 is 0 Å². The molecule has 0 aromatic carbocycles. The third kappa shape index (κ3) is 4.54. The largest absolute Gasteiger partial charge is 0.379 e. The van der Waals surface area contributed by atoms with Crippen LogP contribution in [0.25, 0.3) is 0 Å². The molecule has 0 saturated carbocycles. The molecule has 1 fully saturated rings. The molecule has 1 aromatic rings. The van der Waals surface area contributed by atoms with Gasteiger partial charge in [-0.05, 0) is 30.5 Å². The van der Waals surface area contributed by atoms with Gasteiger partial charge in [-0.2, -0.15) is 0 Å². The van der Waals surface area contributed by atoms with Gasteiger partial charge in [0.05, 0.1) is 25.0 Å². The van der Waals surface area contributed by atoms with Crippen LogP contribution < -0.4 is 4.72 Å². The molecule has 1 N–H and O–H groups in total. The van der Waals surface area contributed by atoms with Crippen LogP contribution in [0, 0.1) is 5.92 Å². The van der Waals surface area contributed by atoms with Crippen molar-refractivity contribution in [3.63, 3.8) is 0 Å². The Morgan fingerprint density at radius 2 is 2.10 bits per heavy atom.